The van der Waals surface area contributed by atoms with Crippen LogP contribution in [0.25, 0.3) is 11.1 Å². The van der Waals surface area contributed by atoms with Crippen LogP contribution in [0.4, 0.5) is 0 Å². The molecule has 130 valence electrons. The van der Waals surface area contributed by atoms with Crippen molar-refractivity contribution in [1.29, 1.82) is 0 Å². The van der Waals surface area contributed by atoms with Crippen LogP contribution in [-0.4, -0.2) is 5.97 Å². The summed E-state index contributed by atoms with van der Waals surface area (Å²) in [5.41, 5.74) is 4.59. The van der Waals surface area contributed by atoms with Crippen molar-refractivity contribution in [1.82, 2.24) is 0 Å². The smallest absolute Gasteiger partial charge is 0.310 e. The highest BCUT2D eigenvalue weighted by Crippen LogP contribution is 2.59. The summed E-state index contributed by atoms with van der Waals surface area (Å²) in [5.74, 6) is 0.179. The van der Waals surface area contributed by atoms with E-state index in [4.69, 9.17) is 4.74 Å². The van der Waals surface area contributed by atoms with Crippen molar-refractivity contribution in [3.05, 3.63) is 71.8 Å². The van der Waals surface area contributed by atoms with Gasteiger partial charge in [0.15, 0.2) is 0 Å². The van der Waals surface area contributed by atoms with Gasteiger partial charge in [0.25, 0.3) is 0 Å². The topological polar surface area (TPSA) is 26.3 Å². The Morgan fingerprint density at radius 3 is 2.40 bits per heavy atom. The van der Waals surface area contributed by atoms with E-state index in [0.29, 0.717) is 12.5 Å². The third kappa shape index (κ3) is 3.84. The molecule has 0 amide bonds. The lowest BCUT2D eigenvalue weighted by Crippen LogP contribution is -2.10. The second-order valence-electron chi connectivity index (χ2n) is 7.74. The molecule has 2 heteroatoms. The summed E-state index contributed by atoms with van der Waals surface area (Å²) >= 11 is 0. The number of carbonyl (C=O) groups excluding carboxylic acids is 1. The number of benzene rings is 2. The van der Waals surface area contributed by atoms with Crippen molar-refractivity contribution >= 4 is 5.97 Å². The lowest BCUT2D eigenvalue weighted by Gasteiger charge is -2.08. The van der Waals surface area contributed by atoms with E-state index in [1.807, 2.05) is 30.3 Å². The van der Waals surface area contributed by atoms with Crippen LogP contribution < -0.4 is 0 Å². The van der Waals surface area contributed by atoms with Crippen LogP contribution in [0.5, 0.6) is 0 Å². The minimum absolute atomic E-state index is 0.000238. The number of carbonyl (C=O) groups is 1. The quantitative estimate of drug-likeness (QED) is 0.523. The van der Waals surface area contributed by atoms with Crippen molar-refractivity contribution in [3.8, 4) is 11.1 Å². The zero-order valence-electron chi connectivity index (χ0n) is 15.5. The van der Waals surface area contributed by atoms with E-state index >= 15 is 0 Å². The Morgan fingerprint density at radius 2 is 1.72 bits per heavy atom. The Bertz CT molecular complexity index is 783. The van der Waals surface area contributed by atoms with Crippen LogP contribution in [0.1, 0.15) is 33.3 Å². The third-order valence-corrected chi connectivity index (χ3v) is 5.09. The highest BCUT2D eigenvalue weighted by molar-refractivity contribution is 5.78. The van der Waals surface area contributed by atoms with Crippen LogP contribution in [0.3, 0.4) is 0 Å². The summed E-state index contributed by atoms with van der Waals surface area (Å²) in [6.45, 7) is 8.75. The number of hydrogen-bond acceptors (Lipinski definition) is 2. The second-order valence-corrected chi connectivity index (χ2v) is 7.74. The molecule has 0 aromatic heterocycles. The van der Waals surface area contributed by atoms with Gasteiger partial charge in [-0.2, -0.15) is 0 Å². The van der Waals surface area contributed by atoms with Gasteiger partial charge >= 0.3 is 5.97 Å². The lowest BCUT2D eigenvalue weighted by molar-refractivity contribution is -0.147. The van der Waals surface area contributed by atoms with Crippen molar-refractivity contribution < 1.29 is 9.53 Å². The molecular weight excluding hydrogens is 308 g/mol. The first-order valence-electron chi connectivity index (χ1n) is 8.85. The molecule has 1 aliphatic carbocycles. The standard InChI is InChI=1S/C23H26O2/c1-16(2)13-20-21(23(20,3)4)22(24)25-15-17-9-8-12-19(14-17)18-10-6-5-7-11-18/h5-14,20-21H,15H2,1-4H3/t20-,21+/m1/s1. The number of esters is 1. The molecule has 2 aromatic carbocycles. The highest BCUT2D eigenvalue weighted by Gasteiger charge is 2.61. The van der Waals surface area contributed by atoms with Crippen molar-refractivity contribution in [3.63, 3.8) is 0 Å². The summed E-state index contributed by atoms with van der Waals surface area (Å²) in [4.78, 5) is 12.5. The molecule has 0 radical (unpaired) electrons. The van der Waals surface area contributed by atoms with E-state index < -0.39 is 0 Å². The molecule has 3 rings (SSSR count). The molecule has 1 aliphatic rings. The minimum Gasteiger partial charge on any atom is -0.461 e. The molecule has 2 atom stereocenters. The third-order valence-electron chi connectivity index (χ3n) is 5.09. The van der Waals surface area contributed by atoms with Gasteiger partial charge in [0, 0.05) is 0 Å². The van der Waals surface area contributed by atoms with E-state index in [0.717, 1.165) is 11.1 Å². The predicted octanol–water partition coefficient (Wildman–Crippen LogP) is 5.64. The van der Waals surface area contributed by atoms with Crippen molar-refractivity contribution in [2.24, 2.45) is 17.3 Å². The van der Waals surface area contributed by atoms with Gasteiger partial charge in [-0.3, -0.25) is 4.79 Å². The van der Waals surface area contributed by atoms with Crippen molar-refractivity contribution in [2.75, 3.05) is 0 Å². The average Bonchev–Trinajstić information content (AvgIpc) is 3.13. The fourth-order valence-corrected chi connectivity index (χ4v) is 3.51. The van der Waals surface area contributed by atoms with Gasteiger partial charge in [-0.15, -0.1) is 0 Å². The average molecular weight is 334 g/mol. The molecule has 0 bridgehead atoms. The molecule has 0 N–H and O–H groups in total. The molecule has 0 aliphatic heterocycles. The summed E-state index contributed by atoms with van der Waals surface area (Å²) in [7, 11) is 0. The second kappa shape index (κ2) is 6.87. The Hall–Kier alpha value is -2.35. The molecule has 0 saturated heterocycles. The molecular formula is C23H26O2. The van der Waals surface area contributed by atoms with E-state index in [1.54, 1.807) is 0 Å². The summed E-state index contributed by atoms with van der Waals surface area (Å²) in [6.07, 6.45) is 2.20. The van der Waals surface area contributed by atoms with Crippen LogP contribution in [0.15, 0.2) is 66.2 Å². The van der Waals surface area contributed by atoms with Gasteiger partial charge in [-0.05, 0) is 47.9 Å². The summed E-state index contributed by atoms with van der Waals surface area (Å²) in [5, 5.41) is 0. The number of ether oxygens (including phenoxy) is 1. The molecule has 0 heterocycles. The zero-order chi connectivity index (χ0) is 18.0. The van der Waals surface area contributed by atoms with Crippen LogP contribution >= 0.6 is 0 Å². The van der Waals surface area contributed by atoms with E-state index in [-0.39, 0.29) is 17.3 Å². The maximum Gasteiger partial charge on any atom is 0.310 e. The zero-order valence-corrected chi connectivity index (χ0v) is 15.5. The fourth-order valence-electron chi connectivity index (χ4n) is 3.51. The van der Waals surface area contributed by atoms with Gasteiger partial charge in [0.1, 0.15) is 6.61 Å². The Balaban J connectivity index is 1.65. The summed E-state index contributed by atoms with van der Waals surface area (Å²) in [6, 6.07) is 18.4. The minimum atomic E-state index is -0.0855. The Morgan fingerprint density at radius 1 is 1.04 bits per heavy atom. The predicted molar refractivity (Wildman–Crippen MR) is 102 cm³/mol. The summed E-state index contributed by atoms with van der Waals surface area (Å²) < 4.78 is 5.62. The van der Waals surface area contributed by atoms with Crippen LogP contribution in [-0.2, 0) is 16.1 Å². The van der Waals surface area contributed by atoms with Gasteiger partial charge in [0.2, 0.25) is 0 Å². The first-order valence-corrected chi connectivity index (χ1v) is 8.85. The Labute approximate surface area is 150 Å². The molecule has 0 unspecified atom stereocenters. The van der Waals surface area contributed by atoms with Gasteiger partial charge < -0.3 is 4.74 Å². The molecule has 1 fully saturated rings. The SMILES string of the molecule is CC(C)=C[C@@H]1[C@@H](C(=O)OCc2cccc(-c3ccccc3)c2)C1(C)C. The molecule has 0 spiro atoms. The molecule has 2 aromatic rings. The van der Waals surface area contributed by atoms with E-state index in [9.17, 15) is 4.79 Å². The van der Waals surface area contributed by atoms with Gasteiger partial charge in [0.05, 0.1) is 5.92 Å². The van der Waals surface area contributed by atoms with Gasteiger partial charge in [-0.25, -0.2) is 0 Å². The molecule has 25 heavy (non-hydrogen) atoms. The fraction of sp³-hybridized carbons (Fsp3) is 0.348. The van der Waals surface area contributed by atoms with Crippen LogP contribution in [0.2, 0.25) is 0 Å². The maximum atomic E-state index is 12.5. The number of allylic oxidation sites excluding steroid dienone is 2. The van der Waals surface area contributed by atoms with Crippen molar-refractivity contribution in [2.45, 2.75) is 34.3 Å². The first kappa shape index (κ1) is 17.5. The van der Waals surface area contributed by atoms with Crippen LogP contribution in [0, 0.1) is 17.3 Å². The first-order chi connectivity index (χ1) is 11.9. The lowest BCUT2D eigenvalue weighted by atomic mass is 10.0. The van der Waals surface area contributed by atoms with E-state index in [1.165, 1.54) is 11.1 Å². The Kier molecular flexibility index (Phi) is 4.80. The molecule has 2 nitrogen and oxygen atoms in total. The maximum absolute atomic E-state index is 12.5. The number of rotatable bonds is 5. The largest absolute Gasteiger partial charge is 0.461 e. The normalized spacial score (nSPS) is 20.6. The highest BCUT2D eigenvalue weighted by atomic mass is 16.5. The van der Waals surface area contributed by atoms with E-state index in [2.05, 4.69) is 58.0 Å². The molecule has 1 saturated carbocycles. The van der Waals surface area contributed by atoms with Gasteiger partial charge in [-0.1, -0.05) is 74.0 Å². The monoisotopic (exact) mass is 334 g/mol. The number of hydrogen-bond donors (Lipinski definition) is 0.